The lowest BCUT2D eigenvalue weighted by Gasteiger charge is -2.26. The molecule has 0 saturated carbocycles. The number of halogens is 1. The maximum Gasteiger partial charge on any atom is 0.264 e. The van der Waals surface area contributed by atoms with Crippen LogP contribution in [0.15, 0.2) is 47.5 Å². The monoisotopic (exact) mass is 367 g/mol. The average molecular weight is 367 g/mol. The van der Waals surface area contributed by atoms with Crippen LogP contribution in [0.2, 0.25) is 0 Å². The van der Waals surface area contributed by atoms with Crippen molar-refractivity contribution in [1.82, 2.24) is 9.55 Å². The number of carbonyl (C=O) groups is 2. The highest BCUT2D eigenvalue weighted by Gasteiger charge is 2.23. The van der Waals surface area contributed by atoms with Gasteiger partial charge < -0.3 is 9.64 Å². The molecule has 27 heavy (non-hydrogen) atoms. The number of ketones is 1. The fourth-order valence-electron chi connectivity index (χ4n) is 2.94. The Morgan fingerprint density at radius 3 is 2.85 bits per heavy atom. The Morgan fingerprint density at radius 1 is 1.22 bits per heavy atom. The van der Waals surface area contributed by atoms with Gasteiger partial charge in [0.15, 0.2) is 12.4 Å². The Hall–Kier alpha value is -3.55. The quantitative estimate of drug-likeness (QED) is 0.659. The van der Waals surface area contributed by atoms with Crippen molar-refractivity contribution in [3.05, 3.63) is 64.5 Å². The third-order valence-electron chi connectivity index (χ3n) is 4.47. The van der Waals surface area contributed by atoms with Gasteiger partial charge in [0.1, 0.15) is 11.6 Å². The Balaban J connectivity index is 1.66. The number of amides is 1. The molecule has 8 heteroatoms. The Morgan fingerprint density at radius 2 is 2.04 bits per heavy atom. The van der Waals surface area contributed by atoms with Gasteiger partial charge in [0.25, 0.3) is 11.5 Å². The number of nitrogens with zero attached hydrogens (tertiary/aromatic N) is 3. The van der Waals surface area contributed by atoms with Crippen LogP contribution in [0.4, 0.5) is 10.1 Å². The molecule has 0 spiro atoms. The van der Waals surface area contributed by atoms with E-state index in [2.05, 4.69) is 4.98 Å². The highest BCUT2D eigenvalue weighted by atomic mass is 19.1. The van der Waals surface area contributed by atoms with E-state index in [-0.39, 0.29) is 35.7 Å². The molecule has 3 aromatic rings. The molecule has 1 aliphatic rings. The van der Waals surface area contributed by atoms with E-state index in [0.29, 0.717) is 17.0 Å². The summed E-state index contributed by atoms with van der Waals surface area (Å²) in [4.78, 5) is 42.4. The Kier molecular flexibility index (Phi) is 3.95. The number of aromatic nitrogens is 2. The molecular weight excluding hydrogens is 353 g/mol. The van der Waals surface area contributed by atoms with Gasteiger partial charge in [0, 0.05) is 18.7 Å². The van der Waals surface area contributed by atoms with Gasteiger partial charge in [-0.25, -0.2) is 9.37 Å². The van der Waals surface area contributed by atoms with Crippen molar-refractivity contribution in [2.45, 2.75) is 6.54 Å². The van der Waals surface area contributed by atoms with E-state index in [1.807, 2.05) is 0 Å². The fourth-order valence-corrected chi connectivity index (χ4v) is 2.94. The van der Waals surface area contributed by atoms with Crippen LogP contribution in [0.3, 0.4) is 0 Å². The maximum absolute atomic E-state index is 13.3. The Bertz CT molecular complexity index is 1160. The van der Waals surface area contributed by atoms with E-state index in [0.717, 1.165) is 0 Å². The van der Waals surface area contributed by atoms with Crippen LogP contribution in [-0.2, 0) is 11.3 Å². The second-order valence-corrected chi connectivity index (χ2v) is 6.19. The number of anilines is 1. The van der Waals surface area contributed by atoms with Crippen molar-refractivity contribution in [2.24, 2.45) is 0 Å². The van der Waals surface area contributed by atoms with Crippen LogP contribution in [-0.4, -0.2) is 34.9 Å². The first-order chi connectivity index (χ1) is 12.9. The molecule has 0 bridgehead atoms. The number of ether oxygens (including phenoxy) is 1. The first-order valence-electron chi connectivity index (χ1n) is 8.15. The standard InChI is InChI=1S/C19H14FN3O4/c1-22-15-6-11(2-5-17(15)27-9-18(22)25)16(24)8-23-10-21-14-7-12(20)3-4-13(14)19(23)26/h2-7,10H,8-9H2,1H3. The molecule has 136 valence electrons. The molecule has 7 nitrogen and oxygen atoms in total. The normalized spacial score (nSPS) is 13.4. The van der Waals surface area contributed by atoms with Crippen LogP contribution < -0.4 is 15.2 Å². The smallest absolute Gasteiger partial charge is 0.264 e. The van der Waals surface area contributed by atoms with Crippen molar-refractivity contribution in [2.75, 3.05) is 18.6 Å². The predicted octanol–water partition coefficient (Wildman–Crippen LogP) is 1.77. The van der Waals surface area contributed by atoms with Crippen molar-refractivity contribution >= 4 is 28.3 Å². The number of rotatable bonds is 3. The van der Waals surface area contributed by atoms with Gasteiger partial charge >= 0.3 is 0 Å². The number of Topliss-reactive ketones (excluding diaryl/α,β-unsaturated/α-hetero) is 1. The zero-order chi connectivity index (χ0) is 19.1. The molecule has 0 unspecified atom stereocenters. The molecule has 1 amide bonds. The number of fused-ring (bicyclic) bond motifs is 2. The summed E-state index contributed by atoms with van der Waals surface area (Å²) in [7, 11) is 1.61. The van der Waals surface area contributed by atoms with Crippen LogP contribution >= 0.6 is 0 Å². The summed E-state index contributed by atoms with van der Waals surface area (Å²) in [5.41, 5.74) is 0.637. The van der Waals surface area contributed by atoms with Gasteiger partial charge in [0.2, 0.25) is 0 Å². The van der Waals surface area contributed by atoms with Crippen molar-refractivity contribution in [3.63, 3.8) is 0 Å². The molecule has 4 rings (SSSR count). The van der Waals surface area contributed by atoms with Crippen molar-refractivity contribution < 1.29 is 18.7 Å². The van der Waals surface area contributed by atoms with E-state index in [4.69, 9.17) is 4.74 Å². The minimum Gasteiger partial charge on any atom is -0.482 e. The number of carbonyl (C=O) groups excluding carboxylic acids is 2. The Labute approximate surface area is 152 Å². The topological polar surface area (TPSA) is 81.5 Å². The molecule has 0 saturated heterocycles. The largest absolute Gasteiger partial charge is 0.482 e. The fraction of sp³-hybridized carbons (Fsp3) is 0.158. The molecule has 1 aliphatic heterocycles. The maximum atomic E-state index is 13.3. The molecule has 0 atom stereocenters. The van der Waals surface area contributed by atoms with Gasteiger partial charge in [-0.1, -0.05) is 0 Å². The third-order valence-corrected chi connectivity index (χ3v) is 4.47. The number of hydrogen-bond acceptors (Lipinski definition) is 5. The summed E-state index contributed by atoms with van der Waals surface area (Å²) in [5.74, 6) is -0.512. The van der Waals surface area contributed by atoms with Crippen LogP contribution in [0.1, 0.15) is 10.4 Å². The van der Waals surface area contributed by atoms with Crippen molar-refractivity contribution in [1.29, 1.82) is 0 Å². The highest BCUT2D eigenvalue weighted by molar-refractivity contribution is 6.01. The zero-order valence-corrected chi connectivity index (χ0v) is 14.3. The lowest BCUT2D eigenvalue weighted by molar-refractivity contribution is -0.120. The third kappa shape index (κ3) is 2.95. The van der Waals surface area contributed by atoms with Crippen LogP contribution in [0.5, 0.6) is 5.75 Å². The molecule has 1 aromatic heterocycles. The molecule has 2 heterocycles. The lowest BCUT2D eigenvalue weighted by atomic mass is 10.1. The van der Waals surface area contributed by atoms with E-state index in [1.54, 1.807) is 25.2 Å². The van der Waals surface area contributed by atoms with Gasteiger partial charge in [-0.2, -0.15) is 0 Å². The molecular formula is C19H14FN3O4. The SMILES string of the molecule is CN1C(=O)COc2ccc(C(=O)Cn3cnc4cc(F)ccc4c3=O)cc21. The minimum absolute atomic E-state index is 0.0461. The molecule has 0 radical (unpaired) electrons. The summed E-state index contributed by atoms with van der Waals surface area (Å²) >= 11 is 0. The van der Waals surface area contributed by atoms with E-state index < -0.39 is 11.4 Å². The van der Waals surface area contributed by atoms with Gasteiger partial charge in [-0.3, -0.25) is 19.0 Å². The van der Waals surface area contributed by atoms with Gasteiger partial charge in [-0.05, 0) is 30.3 Å². The second-order valence-electron chi connectivity index (χ2n) is 6.19. The molecule has 0 fully saturated rings. The lowest BCUT2D eigenvalue weighted by Crippen LogP contribution is -2.35. The molecule has 0 aliphatic carbocycles. The summed E-state index contributed by atoms with van der Waals surface area (Å²) in [6.07, 6.45) is 1.22. The number of benzene rings is 2. The first kappa shape index (κ1) is 16.9. The summed E-state index contributed by atoms with van der Waals surface area (Å²) in [6, 6.07) is 8.45. The minimum atomic E-state index is -0.488. The first-order valence-corrected chi connectivity index (χ1v) is 8.15. The summed E-state index contributed by atoms with van der Waals surface area (Å²) < 4.78 is 19.8. The second kappa shape index (κ2) is 6.31. The molecule has 0 N–H and O–H groups in total. The van der Waals surface area contributed by atoms with Gasteiger partial charge in [0.05, 0.1) is 29.5 Å². The number of hydrogen-bond donors (Lipinski definition) is 0. The summed E-state index contributed by atoms with van der Waals surface area (Å²) in [5, 5.41) is 0.232. The van der Waals surface area contributed by atoms with E-state index in [1.165, 1.54) is 34.0 Å². The predicted molar refractivity (Wildman–Crippen MR) is 95.6 cm³/mol. The van der Waals surface area contributed by atoms with E-state index in [9.17, 15) is 18.8 Å². The van der Waals surface area contributed by atoms with E-state index >= 15 is 0 Å². The average Bonchev–Trinajstić information content (AvgIpc) is 2.66. The van der Waals surface area contributed by atoms with Crippen LogP contribution in [0, 0.1) is 5.82 Å². The van der Waals surface area contributed by atoms with Crippen LogP contribution in [0.25, 0.3) is 10.9 Å². The molecule has 2 aromatic carbocycles. The highest BCUT2D eigenvalue weighted by Crippen LogP contribution is 2.32. The number of likely N-dealkylation sites (N-methyl/N-ethyl adjacent to an activating group) is 1. The van der Waals surface area contributed by atoms with Crippen molar-refractivity contribution in [3.8, 4) is 5.75 Å². The zero-order valence-electron chi connectivity index (χ0n) is 14.3. The van der Waals surface area contributed by atoms with Gasteiger partial charge in [-0.15, -0.1) is 0 Å². The summed E-state index contributed by atoms with van der Waals surface area (Å²) in [6.45, 7) is -0.272.